The van der Waals surface area contributed by atoms with Crippen LogP contribution in [0.3, 0.4) is 0 Å². The van der Waals surface area contributed by atoms with Gasteiger partial charge >= 0.3 is 0 Å². The number of ketones is 3. The minimum atomic E-state index is -1.52. The van der Waals surface area contributed by atoms with Crippen LogP contribution in [0.5, 0.6) is 5.75 Å². The van der Waals surface area contributed by atoms with E-state index in [4.69, 9.17) is 16.3 Å². The summed E-state index contributed by atoms with van der Waals surface area (Å²) >= 11 is 7.70. The third-order valence-corrected chi connectivity index (χ3v) is 9.39. The number of benzene rings is 3. The molecule has 0 bridgehead atoms. The van der Waals surface area contributed by atoms with E-state index in [1.807, 2.05) is 64.9 Å². The first-order valence-electron chi connectivity index (χ1n) is 12.6. The number of fused-ring (bicyclic) bond motifs is 5. The van der Waals surface area contributed by atoms with Crippen LogP contribution < -0.4 is 9.64 Å². The highest BCUT2D eigenvalue weighted by atomic mass is 35.5. The predicted octanol–water partition coefficient (Wildman–Crippen LogP) is 6.73. The van der Waals surface area contributed by atoms with Crippen molar-refractivity contribution < 1.29 is 19.1 Å². The van der Waals surface area contributed by atoms with E-state index >= 15 is 0 Å². The molecule has 1 aliphatic carbocycles. The molecule has 1 spiro atoms. The van der Waals surface area contributed by atoms with E-state index in [0.717, 1.165) is 16.8 Å². The third-order valence-electron chi connectivity index (χ3n) is 8.27. The van der Waals surface area contributed by atoms with Crippen molar-refractivity contribution in [3.05, 3.63) is 122 Å². The Hall–Kier alpha value is -4.00. The molecule has 3 aliphatic rings. The Labute approximate surface area is 234 Å². The van der Waals surface area contributed by atoms with Gasteiger partial charge in [0.25, 0.3) is 0 Å². The number of halogens is 1. The molecule has 0 saturated carbocycles. The highest BCUT2D eigenvalue weighted by Gasteiger charge is 2.71. The Morgan fingerprint density at radius 1 is 0.949 bits per heavy atom. The molecule has 39 heavy (non-hydrogen) atoms. The summed E-state index contributed by atoms with van der Waals surface area (Å²) < 4.78 is 5.39. The average Bonchev–Trinajstić information content (AvgIpc) is 3.66. The zero-order chi connectivity index (χ0) is 26.9. The number of nitrogens with zero attached hydrogens (tertiary/aromatic N) is 1. The van der Waals surface area contributed by atoms with Gasteiger partial charge in [-0.3, -0.25) is 14.4 Å². The van der Waals surface area contributed by atoms with Crippen molar-refractivity contribution in [3.63, 3.8) is 0 Å². The predicted molar refractivity (Wildman–Crippen MR) is 152 cm³/mol. The van der Waals surface area contributed by atoms with Crippen LogP contribution in [0.1, 0.15) is 47.4 Å². The lowest BCUT2D eigenvalue weighted by Gasteiger charge is -2.37. The van der Waals surface area contributed by atoms with E-state index < -0.39 is 23.4 Å². The summed E-state index contributed by atoms with van der Waals surface area (Å²) in [6, 6.07) is 22.0. The highest BCUT2D eigenvalue weighted by Crippen LogP contribution is 2.61. The summed E-state index contributed by atoms with van der Waals surface area (Å²) in [7, 11) is 1.59. The summed E-state index contributed by atoms with van der Waals surface area (Å²) in [5.41, 5.74) is 1.63. The lowest BCUT2D eigenvalue weighted by molar-refractivity contribution is 0.0666. The quantitative estimate of drug-likeness (QED) is 0.208. The van der Waals surface area contributed by atoms with E-state index in [9.17, 15) is 14.4 Å². The fourth-order valence-corrected chi connectivity index (χ4v) is 7.57. The Morgan fingerprint density at radius 3 is 2.31 bits per heavy atom. The molecule has 1 aromatic heterocycles. The highest BCUT2D eigenvalue weighted by molar-refractivity contribution is 7.12. The van der Waals surface area contributed by atoms with Crippen molar-refractivity contribution >= 4 is 52.1 Å². The maximum absolute atomic E-state index is 14.6. The largest absolute Gasteiger partial charge is 0.497 e. The van der Waals surface area contributed by atoms with Crippen LogP contribution in [0.25, 0.3) is 6.08 Å². The molecule has 0 N–H and O–H groups in total. The number of Topliss-reactive ketones (excluding diaryl/α,β-unsaturated/α-hetero) is 3. The van der Waals surface area contributed by atoms with Crippen LogP contribution in [-0.2, 0) is 0 Å². The molecular weight excluding hydrogens is 530 g/mol. The first kappa shape index (κ1) is 24.1. The zero-order valence-electron chi connectivity index (χ0n) is 20.8. The standard InChI is InChI=1S/C32H22ClNO4S/c1-38-21-12-8-18(9-13-21)27-28(29(35)25-7-4-16-39-25)34-24-14-11-20(33)17-19(24)10-15-26(34)32(27)30(36)22-5-2-3-6-23(22)31(32)37/h2-17,26-28H,1H3/t26?,27-,28+/m0/s1. The normalized spacial score (nSPS) is 22.1. The van der Waals surface area contributed by atoms with Crippen LogP contribution in [0.15, 0.2) is 90.3 Å². The van der Waals surface area contributed by atoms with Gasteiger partial charge in [0, 0.05) is 27.8 Å². The fraction of sp³-hybridized carbons (Fsp3) is 0.156. The molecule has 3 aromatic carbocycles. The molecule has 192 valence electrons. The second-order valence-corrected chi connectivity index (χ2v) is 11.4. The lowest BCUT2D eigenvalue weighted by Crippen LogP contribution is -2.48. The number of hydrogen-bond acceptors (Lipinski definition) is 6. The Bertz CT molecular complexity index is 1660. The summed E-state index contributed by atoms with van der Waals surface area (Å²) in [5.74, 6) is -0.719. The molecular formula is C32H22ClNO4S. The second kappa shape index (κ2) is 8.76. The van der Waals surface area contributed by atoms with Crippen LogP contribution in [-0.4, -0.2) is 36.5 Å². The molecule has 1 saturated heterocycles. The Balaban J connectivity index is 1.54. The van der Waals surface area contributed by atoms with Crippen molar-refractivity contribution in [2.75, 3.05) is 12.0 Å². The van der Waals surface area contributed by atoms with Gasteiger partial charge in [-0.2, -0.15) is 0 Å². The van der Waals surface area contributed by atoms with Gasteiger partial charge in [0.1, 0.15) is 17.2 Å². The Morgan fingerprint density at radius 2 is 1.67 bits per heavy atom. The van der Waals surface area contributed by atoms with E-state index in [0.29, 0.717) is 26.8 Å². The molecule has 5 nitrogen and oxygen atoms in total. The number of anilines is 1. The van der Waals surface area contributed by atoms with Gasteiger partial charge in [-0.15, -0.1) is 11.3 Å². The average molecular weight is 552 g/mol. The molecule has 7 rings (SSSR count). The smallest absolute Gasteiger partial charge is 0.195 e. The minimum absolute atomic E-state index is 0.125. The van der Waals surface area contributed by atoms with Crippen LogP contribution in [0, 0.1) is 5.41 Å². The zero-order valence-corrected chi connectivity index (χ0v) is 22.4. The van der Waals surface area contributed by atoms with Gasteiger partial charge in [-0.25, -0.2) is 0 Å². The number of ether oxygens (including phenoxy) is 1. The van der Waals surface area contributed by atoms with Crippen LogP contribution in [0.4, 0.5) is 5.69 Å². The lowest BCUT2D eigenvalue weighted by atomic mass is 9.64. The van der Waals surface area contributed by atoms with Crippen LogP contribution >= 0.6 is 22.9 Å². The number of carbonyl (C=O) groups is 3. The van der Waals surface area contributed by atoms with E-state index in [1.165, 1.54) is 11.3 Å². The van der Waals surface area contributed by atoms with E-state index in [2.05, 4.69) is 0 Å². The summed E-state index contributed by atoms with van der Waals surface area (Å²) in [6.07, 6.45) is 3.81. The van der Waals surface area contributed by atoms with Crippen molar-refractivity contribution in [1.29, 1.82) is 0 Å². The number of methoxy groups -OCH3 is 1. The van der Waals surface area contributed by atoms with Gasteiger partial charge in [0.2, 0.25) is 0 Å². The van der Waals surface area contributed by atoms with Gasteiger partial charge in [0.15, 0.2) is 17.3 Å². The van der Waals surface area contributed by atoms with Gasteiger partial charge in [-0.05, 0) is 52.9 Å². The molecule has 0 amide bonds. The molecule has 3 heterocycles. The molecule has 4 aromatic rings. The number of carbonyl (C=O) groups excluding carboxylic acids is 3. The SMILES string of the molecule is COc1ccc([C@H]2[C@H](C(=O)c3cccs3)N3c4ccc(Cl)cc4C=CC3C23C(=O)c2ccccc2C3=O)cc1. The summed E-state index contributed by atoms with van der Waals surface area (Å²) in [5, 5.41) is 2.43. The Kier molecular flexibility index (Phi) is 5.41. The maximum Gasteiger partial charge on any atom is 0.195 e. The first-order valence-corrected chi connectivity index (χ1v) is 13.9. The summed E-state index contributed by atoms with van der Waals surface area (Å²) in [6.45, 7) is 0. The number of thiophene rings is 1. The molecule has 1 unspecified atom stereocenters. The van der Waals surface area contributed by atoms with E-state index in [-0.39, 0.29) is 17.3 Å². The molecule has 1 fully saturated rings. The molecule has 3 atom stereocenters. The fourth-order valence-electron chi connectivity index (χ4n) is 6.70. The minimum Gasteiger partial charge on any atom is -0.497 e. The molecule has 0 radical (unpaired) electrons. The third kappa shape index (κ3) is 3.22. The van der Waals surface area contributed by atoms with Crippen molar-refractivity contribution in [2.45, 2.75) is 18.0 Å². The summed E-state index contributed by atoms with van der Waals surface area (Å²) in [4.78, 5) is 46.2. The molecule has 7 heteroatoms. The van der Waals surface area contributed by atoms with Crippen LogP contribution in [0.2, 0.25) is 5.02 Å². The van der Waals surface area contributed by atoms with Crippen molar-refractivity contribution in [1.82, 2.24) is 0 Å². The maximum atomic E-state index is 14.6. The van der Waals surface area contributed by atoms with Crippen molar-refractivity contribution in [2.24, 2.45) is 5.41 Å². The monoisotopic (exact) mass is 551 g/mol. The molecule has 2 aliphatic heterocycles. The van der Waals surface area contributed by atoms with Gasteiger partial charge < -0.3 is 9.64 Å². The van der Waals surface area contributed by atoms with Gasteiger partial charge in [0.05, 0.1) is 18.0 Å². The number of rotatable bonds is 4. The van der Waals surface area contributed by atoms with Crippen molar-refractivity contribution in [3.8, 4) is 5.75 Å². The number of hydrogen-bond donors (Lipinski definition) is 0. The topological polar surface area (TPSA) is 63.7 Å². The van der Waals surface area contributed by atoms with Gasteiger partial charge in [-0.1, -0.05) is 66.2 Å². The second-order valence-electron chi connectivity index (χ2n) is 10.0. The van der Waals surface area contributed by atoms with E-state index in [1.54, 1.807) is 43.5 Å². The first-order chi connectivity index (χ1) is 19.0.